The summed E-state index contributed by atoms with van der Waals surface area (Å²) < 4.78 is 12.8. The van der Waals surface area contributed by atoms with Crippen LogP contribution in [0.1, 0.15) is 10.4 Å². The van der Waals surface area contributed by atoms with E-state index in [1.165, 1.54) is 49.5 Å². The van der Waals surface area contributed by atoms with Crippen molar-refractivity contribution < 1.29 is 19.1 Å². The van der Waals surface area contributed by atoms with E-state index in [0.29, 0.717) is 11.4 Å². The van der Waals surface area contributed by atoms with E-state index in [9.17, 15) is 14.0 Å². The van der Waals surface area contributed by atoms with Crippen molar-refractivity contribution in [1.82, 2.24) is 0 Å². The van der Waals surface area contributed by atoms with Gasteiger partial charge in [-0.1, -0.05) is 11.6 Å². The molecule has 0 radical (unpaired) electrons. The number of hydrogen-bond donors (Lipinski definition) is 2. The molecule has 2 rings (SSSR count). The Balaban J connectivity index is 2.27. The topological polar surface area (TPSA) is 69.6 Å². The highest BCUT2D eigenvalue weighted by molar-refractivity contribution is 6.34. The number of nitrogens with zero attached hydrogens (tertiary/aromatic N) is 1. The molecule has 0 fully saturated rings. The van der Waals surface area contributed by atoms with Gasteiger partial charge in [0.25, 0.3) is 5.91 Å². The van der Waals surface area contributed by atoms with Gasteiger partial charge in [0.1, 0.15) is 5.82 Å². The van der Waals surface area contributed by atoms with Crippen molar-refractivity contribution in [3.05, 3.63) is 58.9 Å². The van der Waals surface area contributed by atoms with Gasteiger partial charge in [-0.15, -0.1) is 0 Å². The van der Waals surface area contributed by atoms with Crippen LogP contribution in [0.3, 0.4) is 0 Å². The van der Waals surface area contributed by atoms with Crippen LogP contribution in [0.4, 0.5) is 20.6 Å². The summed E-state index contributed by atoms with van der Waals surface area (Å²) in [5.41, 5.74) is 0.831. The Morgan fingerprint density at radius 2 is 1.82 bits per heavy atom. The molecule has 2 N–H and O–H groups in total. The van der Waals surface area contributed by atoms with Crippen LogP contribution in [0.15, 0.2) is 42.5 Å². The molecule has 7 heteroatoms. The van der Waals surface area contributed by atoms with Crippen LogP contribution >= 0.6 is 11.6 Å². The third-order valence-electron chi connectivity index (χ3n) is 2.97. The third-order valence-corrected chi connectivity index (χ3v) is 3.30. The fraction of sp³-hybridized carbons (Fsp3) is 0.0667. The van der Waals surface area contributed by atoms with Crippen molar-refractivity contribution >= 4 is 35.0 Å². The summed E-state index contributed by atoms with van der Waals surface area (Å²) in [4.78, 5) is 24.1. The molecule has 0 unspecified atom stereocenters. The van der Waals surface area contributed by atoms with E-state index in [-0.39, 0.29) is 10.6 Å². The molecule has 0 aromatic heterocycles. The fourth-order valence-electron chi connectivity index (χ4n) is 1.74. The molecule has 22 heavy (non-hydrogen) atoms. The minimum atomic E-state index is -1.16. The first-order chi connectivity index (χ1) is 10.4. The number of carboxylic acid groups (broad SMARTS) is 1. The smallest absolute Gasteiger partial charge is 0.411 e. The largest absolute Gasteiger partial charge is 0.465 e. The van der Waals surface area contributed by atoms with E-state index in [1.807, 2.05) is 0 Å². The maximum atomic E-state index is 12.8. The first-order valence-electron chi connectivity index (χ1n) is 6.21. The van der Waals surface area contributed by atoms with Gasteiger partial charge in [0.05, 0.1) is 10.6 Å². The SMILES string of the molecule is CN(C(=O)O)c1ccc(Cl)c(C(=O)Nc2ccc(F)cc2)c1. The highest BCUT2D eigenvalue weighted by Gasteiger charge is 2.15. The highest BCUT2D eigenvalue weighted by Crippen LogP contribution is 2.24. The molecule has 0 saturated carbocycles. The van der Waals surface area contributed by atoms with Gasteiger partial charge in [-0.2, -0.15) is 0 Å². The van der Waals surface area contributed by atoms with Gasteiger partial charge in [0.2, 0.25) is 0 Å². The van der Waals surface area contributed by atoms with Crippen LogP contribution in [0.5, 0.6) is 0 Å². The number of amides is 2. The molecular formula is C15H12ClFN2O3. The Kier molecular flexibility index (Phi) is 4.62. The van der Waals surface area contributed by atoms with E-state index >= 15 is 0 Å². The number of carbonyl (C=O) groups is 2. The standard InChI is InChI=1S/C15H12ClFN2O3/c1-19(15(21)22)11-6-7-13(16)12(8-11)14(20)18-10-4-2-9(17)3-5-10/h2-8H,1H3,(H,18,20)(H,21,22). The Morgan fingerprint density at radius 3 is 2.41 bits per heavy atom. The molecule has 5 nitrogen and oxygen atoms in total. The molecule has 0 aliphatic heterocycles. The van der Waals surface area contributed by atoms with Crippen LogP contribution in [-0.4, -0.2) is 24.2 Å². The lowest BCUT2D eigenvalue weighted by Crippen LogP contribution is -2.24. The van der Waals surface area contributed by atoms with Crippen molar-refractivity contribution in [2.75, 3.05) is 17.3 Å². The second-order valence-electron chi connectivity index (χ2n) is 4.47. The van der Waals surface area contributed by atoms with Gasteiger partial charge in [-0.25, -0.2) is 9.18 Å². The average molecular weight is 323 g/mol. The Bertz CT molecular complexity index is 719. The number of rotatable bonds is 3. The molecule has 0 aliphatic rings. The molecule has 0 spiro atoms. The molecule has 0 bridgehead atoms. The first-order valence-corrected chi connectivity index (χ1v) is 6.59. The van der Waals surface area contributed by atoms with Crippen LogP contribution < -0.4 is 10.2 Å². The number of hydrogen-bond acceptors (Lipinski definition) is 2. The molecule has 2 amide bonds. The maximum Gasteiger partial charge on any atom is 0.411 e. The van der Waals surface area contributed by atoms with Gasteiger partial charge in [0, 0.05) is 18.4 Å². The molecule has 0 heterocycles. The predicted octanol–water partition coefficient (Wildman–Crippen LogP) is 3.85. The van der Waals surface area contributed by atoms with Crippen LogP contribution in [0, 0.1) is 5.82 Å². The number of nitrogens with one attached hydrogen (secondary N) is 1. The second-order valence-corrected chi connectivity index (χ2v) is 4.87. The van der Waals surface area contributed by atoms with Crippen molar-refractivity contribution in [2.45, 2.75) is 0 Å². The van der Waals surface area contributed by atoms with Crippen LogP contribution in [0.25, 0.3) is 0 Å². The average Bonchev–Trinajstić information content (AvgIpc) is 2.49. The first kappa shape index (κ1) is 15.8. The number of anilines is 2. The van der Waals surface area contributed by atoms with E-state index < -0.39 is 17.8 Å². The summed E-state index contributed by atoms with van der Waals surface area (Å²) in [6, 6.07) is 9.55. The van der Waals surface area contributed by atoms with Gasteiger partial charge in [0.15, 0.2) is 0 Å². The molecule has 114 valence electrons. The zero-order chi connectivity index (χ0) is 16.3. The van der Waals surface area contributed by atoms with Gasteiger partial charge in [-0.05, 0) is 42.5 Å². The monoisotopic (exact) mass is 322 g/mol. The van der Waals surface area contributed by atoms with E-state index in [1.54, 1.807) is 0 Å². The van der Waals surface area contributed by atoms with Crippen molar-refractivity contribution in [1.29, 1.82) is 0 Å². The zero-order valence-electron chi connectivity index (χ0n) is 11.5. The summed E-state index contributed by atoms with van der Waals surface area (Å²) in [5, 5.41) is 11.7. The minimum absolute atomic E-state index is 0.122. The van der Waals surface area contributed by atoms with Crippen LogP contribution in [0.2, 0.25) is 5.02 Å². The minimum Gasteiger partial charge on any atom is -0.465 e. The van der Waals surface area contributed by atoms with E-state index in [4.69, 9.17) is 16.7 Å². The van der Waals surface area contributed by atoms with Crippen molar-refractivity contribution in [3.8, 4) is 0 Å². The van der Waals surface area contributed by atoms with Crippen molar-refractivity contribution in [2.24, 2.45) is 0 Å². The molecule has 2 aromatic carbocycles. The van der Waals surface area contributed by atoms with E-state index in [0.717, 1.165) is 4.90 Å². The Labute approximate surface area is 130 Å². The molecule has 0 saturated heterocycles. The summed E-state index contributed by atoms with van der Waals surface area (Å²) >= 11 is 5.98. The van der Waals surface area contributed by atoms with Gasteiger partial charge >= 0.3 is 6.09 Å². The molecule has 2 aromatic rings. The molecule has 0 atom stereocenters. The Morgan fingerprint density at radius 1 is 1.18 bits per heavy atom. The van der Waals surface area contributed by atoms with Crippen molar-refractivity contribution in [3.63, 3.8) is 0 Å². The lowest BCUT2D eigenvalue weighted by Gasteiger charge is -2.15. The van der Waals surface area contributed by atoms with Crippen LogP contribution in [-0.2, 0) is 0 Å². The predicted molar refractivity (Wildman–Crippen MR) is 82.2 cm³/mol. The summed E-state index contributed by atoms with van der Waals surface area (Å²) in [5.74, 6) is -0.932. The number of carbonyl (C=O) groups excluding carboxylic acids is 1. The van der Waals surface area contributed by atoms with E-state index in [2.05, 4.69) is 5.32 Å². The zero-order valence-corrected chi connectivity index (χ0v) is 12.3. The highest BCUT2D eigenvalue weighted by atomic mass is 35.5. The Hall–Kier alpha value is -2.60. The summed E-state index contributed by atoms with van der Waals surface area (Å²) in [7, 11) is 1.35. The van der Waals surface area contributed by atoms with Gasteiger partial charge in [-0.3, -0.25) is 9.69 Å². The summed E-state index contributed by atoms with van der Waals surface area (Å²) in [6.45, 7) is 0. The fourth-order valence-corrected chi connectivity index (χ4v) is 1.94. The van der Waals surface area contributed by atoms with Gasteiger partial charge < -0.3 is 10.4 Å². The second kappa shape index (κ2) is 6.44. The number of halogens is 2. The lowest BCUT2D eigenvalue weighted by molar-refractivity contribution is 0.102. The summed E-state index contributed by atoms with van der Waals surface area (Å²) in [6.07, 6.45) is -1.16. The quantitative estimate of drug-likeness (QED) is 0.901. The lowest BCUT2D eigenvalue weighted by atomic mass is 10.1. The maximum absolute atomic E-state index is 12.8. The normalized spacial score (nSPS) is 10.1. The third kappa shape index (κ3) is 3.53. The number of benzene rings is 2. The molecule has 0 aliphatic carbocycles. The molecular weight excluding hydrogens is 311 g/mol.